The van der Waals surface area contributed by atoms with E-state index in [1.54, 1.807) is 24.5 Å². The number of hydrogen-bond acceptors (Lipinski definition) is 3. The van der Waals surface area contributed by atoms with E-state index in [2.05, 4.69) is 9.98 Å². The Balaban J connectivity index is 2.24. The van der Waals surface area contributed by atoms with E-state index in [0.29, 0.717) is 10.7 Å². The summed E-state index contributed by atoms with van der Waals surface area (Å²) in [5, 5.41) is 10.0. The number of rotatable bonds is 2. The number of phenols is 1. The summed E-state index contributed by atoms with van der Waals surface area (Å²) in [6, 6.07) is 10.3. The van der Waals surface area contributed by atoms with Crippen LogP contribution in [0.5, 0.6) is 5.75 Å². The molecule has 2 aromatic rings. The zero-order chi connectivity index (χ0) is 11.4. The maximum atomic E-state index is 9.55. The molecule has 3 nitrogen and oxygen atoms in total. The van der Waals surface area contributed by atoms with Gasteiger partial charge in [-0.1, -0.05) is 17.7 Å². The number of benzene rings is 1. The molecule has 0 fully saturated rings. The second-order valence-corrected chi connectivity index (χ2v) is 3.58. The average Bonchev–Trinajstić information content (AvgIpc) is 2.29. The lowest BCUT2D eigenvalue weighted by atomic mass is 10.3. The van der Waals surface area contributed by atoms with Crippen molar-refractivity contribution in [2.24, 2.45) is 4.99 Å². The first-order valence-corrected chi connectivity index (χ1v) is 5.07. The largest absolute Gasteiger partial charge is 0.506 e. The molecule has 1 heterocycles. The van der Waals surface area contributed by atoms with E-state index in [4.69, 9.17) is 11.6 Å². The van der Waals surface area contributed by atoms with Gasteiger partial charge in [-0.25, -0.2) is 0 Å². The Morgan fingerprint density at radius 3 is 2.81 bits per heavy atom. The number of nitrogens with zero attached hydrogens (tertiary/aromatic N) is 2. The maximum Gasteiger partial charge on any atom is 0.142 e. The summed E-state index contributed by atoms with van der Waals surface area (Å²) >= 11 is 5.71. The molecule has 0 bridgehead atoms. The van der Waals surface area contributed by atoms with Gasteiger partial charge < -0.3 is 5.11 Å². The van der Waals surface area contributed by atoms with Crippen LogP contribution in [0.25, 0.3) is 0 Å². The molecular weight excluding hydrogens is 224 g/mol. The minimum Gasteiger partial charge on any atom is -0.506 e. The van der Waals surface area contributed by atoms with Gasteiger partial charge in [0.05, 0.1) is 11.9 Å². The molecule has 0 aliphatic rings. The van der Waals surface area contributed by atoms with E-state index >= 15 is 0 Å². The zero-order valence-corrected chi connectivity index (χ0v) is 9.09. The van der Waals surface area contributed by atoms with Gasteiger partial charge in [0, 0.05) is 17.3 Å². The molecule has 0 spiro atoms. The molecule has 16 heavy (non-hydrogen) atoms. The van der Waals surface area contributed by atoms with E-state index in [9.17, 15) is 5.11 Å². The highest BCUT2D eigenvalue weighted by molar-refractivity contribution is 6.30. The fraction of sp³-hybridized carbons (Fsp3) is 0. The van der Waals surface area contributed by atoms with Crippen molar-refractivity contribution in [3.8, 4) is 5.75 Å². The summed E-state index contributed by atoms with van der Waals surface area (Å²) < 4.78 is 0. The van der Waals surface area contributed by atoms with Gasteiger partial charge in [-0.05, 0) is 24.3 Å². The normalized spacial score (nSPS) is 10.8. The third kappa shape index (κ3) is 2.58. The predicted molar refractivity (Wildman–Crippen MR) is 64.6 cm³/mol. The van der Waals surface area contributed by atoms with Gasteiger partial charge in [0.15, 0.2) is 0 Å². The van der Waals surface area contributed by atoms with Gasteiger partial charge in [0.2, 0.25) is 0 Å². The summed E-state index contributed by atoms with van der Waals surface area (Å²) in [4.78, 5) is 8.21. The Kier molecular flexibility index (Phi) is 3.17. The third-order valence-electron chi connectivity index (χ3n) is 1.96. The summed E-state index contributed by atoms with van der Waals surface area (Å²) in [6.07, 6.45) is 3.27. The van der Waals surface area contributed by atoms with Crippen molar-refractivity contribution in [3.05, 3.63) is 53.3 Å². The number of halogens is 1. The minimum atomic E-state index is 0.0553. The SMILES string of the molecule is Oc1cc(Cl)ccc1N=Cc1ccccn1. The highest BCUT2D eigenvalue weighted by Crippen LogP contribution is 2.28. The molecule has 1 N–H and O–H groups in total. The second-order valence-electron chi connectivity index (χ2n) is 3.15. The molecule has 1 aromatic carbocycles. The first-order valence-electron chi connectivity index (χ1n) is 4.69. The minimum absolute atomic E-state index is 0.0553. The van der Waals surface area contributed by atoms with Crippen molar-refractivity contribution in [1.82, 2.24) is 4.98 Å². The molecule has 1 aromatic heterocycles. The van der Waals surface area contributed by atoms with Crippen LogP contribution in [0, 0.1) is 0 Å². The number of aliphatic imine (C=N–C) groups is 1. The lowest BCUT2D eigenvalue weighted by Crippen LogP contribution is -1.83. The Hall–Kier alpha value is -1.87. The fourth-order valence-corrected chi connectivity index (χ4v) is 1.36. The Labute approximate surface area is 98.1 Å². The zero-order valence-electron chi connectivity index (χ0n) is 8.34. The van der Waals surface area contributed by atoms with Gasteiger partial charge >= 0.3 is 0 Å². The first kappa shape index (κ1) is 10.6. The van der Waals surface area contributed by atoms with E-state index in [0.717, 1.165) is 5.69 Å². The van der Waals surface area contributed by atoms with Gasteiger partial charge in [-0.15, -0.1) is 0 Å². The molecule has 0 aliphatic heterocycles. The lowest BCUT2D eigenvalue weighted by Gasteiger charge is -1.98. The van der Waals surface area contributed by atoms with Crippen LogP contribution >= 0.6 is 11.6 Å². The summed E-state index contributed by atoms with van der Waals surface area (Å²) in [6.45, 7) is 0. The molecular formula is C12H9ClN2O. The van der Waals surface area contributed by atoms with E-state index in [-0.39, 0.29) is 5.75 Å². The Bertz CT molecular complexity index is 512. The first-order chi connectivity index (χ1) is 7.75. The van der Waals surface area contributed by atoms with Crippen LogP contribution in [-0.2, 0) is 0 Å². The smallest absolute Gasteiger partial charge is 0.142 e. The maximum absolute atomic E-state index is 9.55. The topological polar surface area (TPSA) is 45.5 Å². The molecule has 80 valence electrons. The summed E-state index contributed by atoms with van der Waals surface area (Å²) in [5.41, 5.74) is 1.20. The van der Waals surface area contributed by atoms with Gasteiger partial charge in [0.25, 0.3) is 0 Å². The van der Waals surface area contributed by atoms with Crippen LogP contribution < -0.4 is 0 Å². The Morgan fingerprint density at radius 2 is 2.12 bits per heavy atom. The number of hydrogen-bond donors (Lipinski definition) is 1. The van der Waals surface area contributed by atoms with E-state index < -0.39 is 0 Å². The van der Waals surface area contributed by atoms with Crippen molar-refractivity contribution in [2.45, 2.75) is 0 Å². The van der Waals surface area contributed by atoms with Crippen LogP contribution in [0.4, 0.5) is 5.69 Å². The van der Waals surface area contributed by atoms with Crippen molar-refractivity contribution in [3.63, 3.8) is 0 Å². The Morgan fingerprint density at radius 1 is 1.25 bits per heavy atom. The standard InChI is InChI=1S/C12H9ClN2O/c13-9-4-5-11(12(16)7-9)15-8-10-3-1-2-6-14-10/h1-8,16H. The van der Waals surface area contributed by atoms with Gasteiger partial charge in [-0.3, -0.25) is 9.98 Å². The molecule has 4 heteroatoms. The van der Waals surface area contributed by atoms with Gasteiger partial charge in [0.1, 0.15) is 11.4 Å². The number of aromatic nitrogens is 1. The van der Waals surface area contributed by atoms with Gasteiger partial charge in [-0.2, -0.15) is 0 Å². The highest BCUT2D eigenvalue weighted by atomic mass is 35.5. The van der Waals surface area contributed by atoms with Crippen molar-refractivity contribution < 1.29 is 5.11 Å². The highest BCUT2D eigenvalue weighted by Gasteiger charge is 1.98. The summed E-state index contributed by atoms with van der Waals surface area (Å²) in [7, 11) is 0. The molecule has 0 saturated carbocycles. The van der Waals surface area contributed by atoms with Crippen molar-refractivity contribution in [2.75, 3.05) is 0 Å². The van der Waals surface area contributed by atoms with E-state index in [1.165, 1.54) is 6.07 Å². The predicted octanol–water partition coefficient (Wildman–Crippen LogP) is 3.19. The van der Waals surface area contributed by atoms with Crippen molar-refractivity contribution in [1.29, 1.82) is 0 Å². The molecule has 0 amide bonds. The molecule has 0 atom stereocenters. The molecule has 0 saturated heterocycles. The number of phenolic OH excluding ortho intramolecular Hbond substituents is 1. The average molecular weight is 233 g/mol. The monoisotopic (exact) mass is 232 g/mol. The molecule has 0 aliphatic carbocycles. The van der Waals surface area contributed by atoms with Crippen molar-refractivity contribution >= 4 is 23.5 Å². The van der Waals surface area contributed by atoms with Crippen LogP contribution in [0.15, 0.2) is 47.6 Å². The van der Waals surface area contributed by atoms with Crippen LogP contribution in [0.2, 0.25) is 5.02 Å². The fourth-order valence-electron chi connectivity index (χ4n) is 1.19. The van der Waals surface area contributed by atoms with Crippen LogP contribution in [0.1, 0.15) is 5.69 Å². The second kappa shape index (κ2) is 4.77. The van der Waals surface area contributed by atoms with E-state index in [1.807, 2.05) is 18.2 Å². The molecule has 0 radical (unpaired) electrons. The van der Waals surface area contributed by atoms with Crippen LogP contribution in [0.3, 0.4) is 0 Å². The summed E-state index contributed by atoms with van der Waals surface area (Å²) in [5.74, 6) is 0.0553. The molecule has 2 rings (SSSR count). The number of pyridine rings is 1. The lowest BCUT2D eigenvalue weighted by molar-refractivity contribution is 0.477. The quantitative estimate of drug-likeness (QED) is 0.809. The third-order valence-corrected chi connectivity index (χ3v) is 2.20. The molecule has 0 unspecified atom stereocenters. The van der Waals surface area contributed by atoms with Crippen LogP contribution in [-0.4, -0.2) is 16.3 Å². The number of aromatic hydroxyl groups is 1.